The summed E-state index contributed by atoms with van der Waals surface area (Å²) in [4.78, 5) is 24.3. The largest absolute Gasteiger partial charge is 0.483 e. The maximum absolute atomic E-state index is 12.2. The van der Waals surface area contributed by atoms with Crippen molar-refractivity contribution in [2.24, 2.45) is 0 Å². The third-order valence-electron chi connectivity index (χ3n) is 4.44. The van der Waals surface area contributed by atoms with Gasteiger partial charge in [0.1, 0.15) is 5.75 Å². The molecule has 2 aromatic rings. The first kappa shape index (κ1) is 21.5. The summed E-state index contributed by atoms with van der Waals surface area (Å²) in [6.45, 7) is 12.0. The van der Waals surface area contributed by atoms with Crippen molar-refractivity contribution in [3.63, 3.8) is 0 Å². The third-order valence-corrected chi connectivity index (χ3v) is 4.44. The average molecular weight is 383 g/mol. The van der Waals surface area contributed by atoms with E-state index in [-0.39, 0.29) is 30.4 Å². The molecule has 0 radical (unpaired) electrons. The monoisotopic (exact) mass is 382 g/mol. The molecule has 0 aliphatic heterocycles. The van der Waals surface area contributed by atoms with Crippen molar-refractivity contribution in [3.8, 4) is 5.75 Å². The van der Waals surface area contributed by atoms with Crippen molar-refractivity contribution in [1.29, 1.82) is 0 Å². The Morgan fingerprint density at radius 1 is 0.964 bits per heavy atom. The van der Waals surface area contributed by atoms with Crippen LogP contribution in [0.25, 0.3) is 0 Å². The highest BCUT2D eigenvalue weighted by atomic mass is 16.5. The molecule has 2 N–H and O–H groups in total. The number of hydrogen-bond donors (Lipinski definition) is 2. The minimum Gasteiger partial charge on any atom is -0.483 e. The second kappa shape index (κ2) is 8.91. The van der Waals surface area contributed by atoms with Gasteiger partial charge in [0.25, 0.3) is 5.91 Å². The van der Waals surface area contributed by atoms with E-state index in [1.54, 1.807) is 0 Å². The lowest BCUT2D eigenvalue weighted by molar-refractivity contribution is -0.125. The predicted molar refractivity (Wildman–Crippen MR) is 113 cm³/mol. The standard InChI is InChI=1S/C23H30N2O3/c1-15-11-16(2)22(17(3)12-15)25-20(26)13-24-21(27)14-28-19-10-8-7-9-18(19)23(4,5)6/h7-12H,13-14H2,1-6H3,(H,24,27)(H,25,26). The predicted octanol–water partition coefficient (Wildman–Crippen LogP) is 4.04. The summed E-state index contributed by atoms with van der Waals surface area (Å²) in [5, 5.41) is 5.47. The smallest absolute Gasteiger partial charge is 0.258 e. The first-order chi connectivity index (χ1) is 13.1. The van der Waals surface area contributed by atoms with Gasteiger partial charge < -0.3 is 15.4 Å². The van der Waals surface area contributed by atoms with Gasteiger partial charge in [-0.2, -0.15) is 0 Å². The number of nitrogens with one attached hydrogen (secondary N) is 2. The number of anilines is 1. The van der Waals surface area contributed by atoms with E-state index >= 15 is 0 Å². The van der Waals surface area contributed by atoms with E-state index in [2.05, 4.69) is 31.4 Å². The Labute approximate surface area is 167 Å². The number of hydrogen-bond acceptors (Lipinski definition) is 3. The minimum atomic E-state index is -0.337. The highest BCUT2D eigenvalue weighted by Crippen LogP contribution is 2.30. The van der Waals surface area contributed by atoms with Gasteiger partial charge in [0.05, 0.1) is 6.54 Å². The van der Waals surface area contributed by atoms with Gasteiger partial charge in [0.2, 0.25) is 5.91 Å². The van der Waals surface area contributed by atoms with Crippen LogP contribution in [0.5, 0.6) is 5.75 Å². The number of para-hydroxylation sites is 1. The fourth-order valence-electron chi connectivity index (χ4n) is 3.15. The van der Waals surface area contributed by atoms with Crippen LogP contribution in [-0.2, 0) is 15.0 Å². The zero-order valence-corrected chi connectivity index (χ0v) is 17.6. The van der Waals surface area contributed by atoms with Crippen LogP contribution in [0, 0.1) is 20.8 Å². The van der Waals surface area contributed by atoms with Gasteiger partial charge in [0, 0.05) is 5.69 Å². The second-order valence-electron chi connectivity index (χ2n) is 8.13. The molecule has 0 aliphatic carbocycles. The van der Waals surface area contributed by atoms with Crippen molar-refractivity contribution < 1.29 is 14.3 Å². The number of amides is 2. The quantitative estimate of drug-likeness (QED) is 0.792. The van der Waals surface area contributed by atoms with E-state index in [4.69, 9.17) is 4.74 Å². The maximum atomic E-state index is 12.2. The third kappa shape index (κ3) is 5.84. The average Bonchev–Trinajstić information content (AvgIpc) is 2.60. The first-order valence-electron chi connectivity index (χ1n) is 9.44. The molecule has 0 aromatic heterocycles. The normalized spacial score (nSPS) is 11.1. The molecule has 0 fully saturated rings. The van der Waals surface area contributed by atoms with Crippen LogP contribution in [-0.4, -0.2) is 25.0 Å². The fourth-order valence-corrected chi connectivity index (χ4v) is 3.15. The lowest BCUT2D eigenvalue weighted by Gasteiger charge is -2.22. The summed E-state index contributed by atoms with van der Waals surface area (Å²) in [5.74, 6) is 0.0789. The summed E-state index contributed by atoms with van der Waals surface area (Å²) < 4.78 is 5.68. The van der Waals surface area contributed by atoms with Crippen molar-refractivity contribution >= 4 is 17.5 Å². The number of aryl methyl sites for hydroxylation is 3. The van der Waals surface area contributed by atoms with Crippen LogP contribution in [0.15, 0.2) is 36.4 Å². The molecule has 5 heteroatoms. The maximum Gasteiger partial charge on any atom is 0.258 e. The van der Waals surface area contributed by atoms with Crippen molar-refractivity contribution in [2.45, 2.75) is 47.0 Å². The van der Waals surface area contributed by atoms with Crippen LogP contribution in [0.1, 0.15) is 43.0 Å². The molecule has 0 aliphatic rings. The zero-order chi connectivity index (χ0) is 20.9. The highest BCUT2D eigenvalue weighted by Gasteiger charge is 2.19. The molecule has 0 heterocycles. The SMILES string of the molecule is Cc1cc(C)c(NC(=O)CNC(=O)COc2ccccc2C(C)(C)C)c(C)c1. The van der Waals surface area contributed by atoms with E-state index in [9.17, 15) is 9.59 Å². The fraction of sp³-hybridized carbons (Fsp3) is 0.391. The minimum absolute atomic E-state index is 0.0866. The van der Waals surface area contributed by atoms with Gasteiger partial charge in [0.15, 0.2) is 6.61 Å². The van der Waals surface area contributed by atoms with Crippen molar-refractivity contribution in [1.82, 2.24) is 5.32 Å². The molecule has 2 rings (SSSR count). The Hall–Kier alpha value is -2.82. The molecular formula is C23H30N2O3. The van der Waals surface area contributed by atoms with E-state index in [0.29, 0.717) is 5.75 Å². The van der Waals surface area contributed by atoms with Crippen LogP contribution >= 0.6 is 0 Å². The van der Waals surface area contributed by atoms with Gasteiger partial charge in [-0.05, 0) is 48.9 Å². The van der Waals surface area contributed by atoms with E-state index < -0.39 is 0 Å². The molecule has 0 atom stereocenters. The van der Waals surface area contributed by atoms with Gasteiger partial charge in [-0.1, -0.05) is 56.7 Å². The molecule has 28 heavy (non-hydrogen) atoms. The van der Waals surface area contributed by atoms with Crippen LogP contribution in [0.4, 0.5) is 5.69 Å². The summed E-state index contributed by atoms with van der Waals surface area (Å²) in [7, 11) is 0. The lowest BCUT2D eigenvalue weighted by Crippen LogP contribution is -2.36. The number of carbonyl (C=O) groups is 2. The Kier molecular flexibility index (Phi) is 6.84. The summed E-state index contributed by atoms with van der Waals surface area (Å²) in [6.07, 6.45) is 0. The number of carbonyl (C=O) groups excluding carboxylic acids is 2. The van der Waals surface area contributed by atoms with Crippen LogP contribution in [0.3, 0.4) is 0 Å². The molecule has 0 unspecified atom stereocenters. The topological polar surface area (TPSA) is 67.4 Å². The second-order valence-corrected chi connectivity index (χ2v) is 8.13. The molecule has 0 saturated heterocycles. The molecule has 2 amide bonds. The number of ether oxygens (including phenoxy) is 1. The van der Waals surface area contributed by atoms with Crippen molar-refractivity contribution in [3.05, 3.63) is 58.7 Å². The first-order valence-corrected chi connectivity index (χ1v) is 9.44. The van der Waals surface area contributed by atoms with E-state index in [1.165, 1.54) is 0 Å². The van der Waals surface area contributed by atoms with E-state index in [0.717, 1.165) is 27.9 Å². The van der Waals surface area contributed by atoms with Crippen molar-refractivity contribution in [2.75, 3.05) is 18.5 Å². The number of rotatable bonds is 6. The zero-order valence-electron chi connectivity index (χ0n) is 17.6. The Balaban J connectivity index is 1.88. The molecule has 150 valence electrons. The molecule has 0 bridgehead atoms. The summed E-state index contributed by atoms with van der Waals surface area (Å²) >= 11 is 0. The van der Waals surface area contributed by atoms with Gasteiger partial charge in [-0.3, -0.25) is 9.59 Å². The highest BCUT2D eigenvalue weighted by molar-refractivity contribution is 5.95. The molecule has 0 spiro atoms. The summed E-state index contributed by atoms with van der Waals surface area (Å²) in [5.41, 5.74) is 4.88. The molecule has 2 aromatic carbocycles. The van der Waals surface area contributed by atoms with Gasteiger partial charge >= 0.3 is 0 Å². The lowest BCUT2D eigenvalue weighted by atomic mass is 9.86. The number of benzene rings is 2. The Bertz CT molecular complexity index is 843. The van der Waals surface area contributed by atoms with Gasteiger partial charge in [-0.15, -0.1) is 0 Å². The summed E-state index contributed by atoms with van der Waals surface area (Å²) in [6, 6.07) is 11.7. The molecule has 0 saturated carbocycles. The Morgan fingerprint density at radius 3 is 2.18 bits per heavy atom. The molecular weight excluding hydrogens is 352 g/mol. The van der Waals surface area contributed by atoms with Gasteiger partial charge in [-0.25, -0.2) is 0 Å². The Morgan fingerprint density at radius 2 is 1.57 bits per heavy atom. The van der Waals surface area contributed by atoms with Crippen LogP contribution in [0.2, 0.25) is 0 Å². The van der Waals surface area contributed by atoms with Crippen LogP contribution < -0.4 is 15.4 Å². The molecule has 5 nitrogen and oxygen atoms in total. The van der Waals surface area contributed by atoms with E-state index in [1.807, 2.05) is 57.2 Å².